The highest BCUT2D eigenvalue weighted by Crippen LogP contribution is 2.45. The van der Waals surface area contributed by atoms with Crippen molar-refractivity contribution in [2.45, 2.75) is 24.5 Å². The lowest BCUT2D eigenvalue weighted by molar-refractivity contribution is -0.135. The van der Waals surface area contributed by atoms with Crippen molar-refractivity contribution < 1.29 is 15.0 Å². The summed E-state index contributed by atoms with van der Waals surface area (Å²) in [7, 11) is 0. The zero-order valence-corrected chi connectivity index (χ0v) is 8.68. The molecule has 0 aromatic rings. The Balaban J connectivity index is 2.18. The Labute approximate surface area is 93.1 Å². The van der Waals surface area contributed by atoms with Crippen LogP contribution in [-0.4, -0.2) is 27.7 Å². The van der Waals surface area contributed by atoms with Gasteiger partial charge in [0.1, 0.15) is 6.10 Å². The summed E-state index contributed by atoms with van der Waals surface area (Å²) >= 11 is 0. The van der Waals surface area contributed by atoms with Crippen LogP contribution in [0, 0.1) is 0 Å². The van der Waals surface area contributed by atoms with E-state index >= 15 is 0 Å². The van der Waals surface area contributed by atoms with Gasteiger partial charge in [-0.3, -0.25) is 4.79 Å². The second kappa shape index (κ2) is 3.03. The molecule has 2 atom stereocenters. The van der Waals surface area contributed by atoms with E-state index in [4.69, 9.17) is 0 Å². The Kier molecular flexibility index (Phi) is 1.85. The highest BCUT2D eigenvalue weighted by atomic mass is 16.3. The highest BCUT2D eigenvalue weighted by molar-refractivity contribution is 6.11. The van der Waals surface area contributed by atoms with Gasteiger partial charge in [0, 0.05) is 5.57 Å². The third-order valence-corrected chi connectivity index (χ3v) is 3.52. The molecule has 0 aliphatic heterocycles. The Morgan fingerprint density at radius 3 is 2.69 bits per heavy atom. The Morgan fingerprint density at radius 2 is 1.94 bits per heavy atom. The van der Waals surface area contributed by atoms with Crippen LogP contribution in [0.25, 0.3) is 0 Å². The summed E-state index contributed by atoms with van der Waals surface area (Å²) in [4.78, 5) is 12.1. The number of hydrogen-bond acceptors (Lipinski definition) is 3. The average Bonchev–Trinajstić information content (AvgIpc) is 2.53. The minimum Gasteiger partial charge on any atom is -0.385 e. The molecule has 0 saturated carbocycles. The molecule has 2 unspecified atom stereocenters. The Hall–Kier alpha value is -1.45. The van der Waals surface area contributed by atoms with Gasteiger partial charge < -0.3 is 10.2 Å². The van der Waals surface area contributed by atoms with E-state index in [2.05, 4.69) is 0 Å². The van der Waals surface area contributed by atoms with Crippen LogP contribution >= 0.6 is 0 Å². The predicted molar refractivity (Wildman–Crippen MR) is 58.6 cm³/mol. The third-order valence-electron chi connectivity index (χ3n) is 3.52. The van der Waals surface area contributed by atoms with Gasteiger partial charge in [-0.05, 0) is 24.0 Å². The van der Waals surface area contributed by atoms with E-state index in [0.29, 0.717) is 24.0 Å². The van der Waals surface area contributed by atoms with E-state index in [0.717, 1.165) is 5.57 Å². The molecular weight excluding hydrogens is 204 g/mol. The van der Waals surface area contributed by atoms with E-state index in [-0.39, 0.29) is 5.78 Å². The highest BCUT2D eigenvalue weighted by Gasteiger charge is 2.53. The fourth-order valence-electron chi connectivity index (χ4n) is 2.65. The number of fused-ring (bicyclic) bond motifs is 2. The van der Waals surface area contributed by atoms with Crippen molar-refractivity contribution >= 4 is 5.78 Å². The number of rotatable bonds is 0. The van der Waals surface area contributed by atoms with Gasteiger partial charge in [0.25, 0.3) is 0 Å². The maximum absolute atomic E-state index is 12.1. The van der Waals surface area contributed by atoms with Crippen LogP contribution in [0.1, 0.15) is 12.8 Å². The summed E-state index contributed by atoms with van der Waals surface area (Å²) < 4.78 is 0. The van der Waals surface area contributed by atoms with E-state index in [1.807, 2.05) is 12.2 Å². The minimum atomic E-state index is -1.73. The molecule has 0 aromatic heterocycles. The molecule has 2 N–H and O–H groups in total. The van der Waals surface area contributed by atoms with Gasteiger partial charge in [-0.25, -0.2) is 0 Å². The number of carbonyl (C=O) groups is 1. The molecule has 0 saturated heterocycles. The van der Waals surface area contributed by atoms with Gasteiger partial charge in [-0.1, -0.05) is 30.4 Å². The first kappa shape index (κ1) is 9.75. The SMILES string of the molecule is O=C1C2=C(CC=CC2)C2=CC=CC(O)C12O. The van der Waals surface area contributed by atoms with Crippen molar-refractivity contribution in [3.05, 3.63) is 47.1 Å². The quantitative estimate of drug-likeness (QED) is 0.589. The first-order valence-corrected chi connectivity index (χ1v) is 5.37. The van der Waals surface area contributed by atoms with Crippen molar-refractivity contribution in [1.29, 1.82) is 0 Å². The number of aliphatic hydroxyl groups excluding tert-OH is 1. The van der Waals surface area contributed by atoms with Gasteiger partial charge in [0.2, 0.25) is 0 Å². The molecule has 0 fully saturated rings. The molecule has 0 aromatic carbocycles. The number of aliphatic hydroxyl groups is 2. The third kappa shape index (κ3) is 0.970. The lowest BCUT2D eigenvalue weighted by Gasteiger charge is -2.30. The van der Waals surface area contributed by atoms with E-state index in [1.165, 1.54) is 6.08 Å². The number of carbonyl (C=O) groups excluding carboxylic acids is 1. The second-order valence-electron chi connectivity index (χ2n) is 4.34. The lowest BCUT2D eigenvalue weighted by Crippen LogP contribution is -2.48. The summed E-state index contributed by atoms with van der Waals surface area (Å²) in [6.07, 6.45) is 8.87. The van der Waals surface area contributed by atoms with Gasteiger partial charge in [-0.15, -0.1) is 0 Å². The minimum absolute atomic E-state index is 0.338. The molecule has 3 aliphatic rings. The maximum Gasteiger partial charge on any atom is 0.198 e. The molecule has 3 heteroatoms. The maximum atomic E-state index is 12.1. The summed E-state index contributed by atoms with van der Waals surface area (Å²) in [5.41, 5.74) is 0.384. The van der Waals surface area contributed by atoms with Crippen LogP contribution in [0.5, 0.6) is 0 Å². The molecule has 3 rings (SSSR count). The smallest absolute Gasteiger partial charge is 0.198 e. The van der Waals surface area contributed by atoms with Gasteiger partial charge >= 0.3 is 0 Å². The summed E-state index contributed by atoms with van der Waals surface area (Å²) in [5, 5.41) is 20.2. The average molecular weight is 216 g/mol. The normalized spacial score (nSPS) is 36.2. The zero-order valence-electron chi connectivity index (χ0n) is 8.68. The molecule has 0 radical (unpaired) electrons. The largest absolute Gasteiger partial charge is 0.385 e. The van der Waals surface area contributed by atoms with Crippen LogP contribution in [0.2, 0.25) is 0 Å². The van der Waals surface area contributed by atoms with Gasteiger partial charge in [0.15, 0.2) is 11.4 Å². The number of allylic oxidation sites excluding steroid dienone is 4. The van der Waals surface area contributed by atoms with Crippen LogP contribution in [-0.2, 0) is 4.79 Å². The van der Waals surface area contributed by atoms with E-state index in [9.17, 15) is 15.0 Å². The first-order valence-electron chi connectivity index (χ1n) is 5.37. The van der Waals surface area contributed by atoms with Crippen LogP contribution in [0.15, 0.2) is 47.1 Å². The molecule has 3 nitrogen and oxygen atoms in total. The Morgan fingerprint density at radius 1 is 1.25 bits per heavy atom. The summed E-state index contributed by atoms with van der Waals surface area (Å²) in [5.74, 6) is -0.338. The number of ketones is 1. The number of Topliss-reactive ketones (excluding diaryl/α,β-unsaturated/α-hetero) is 1. The molecular formula is C13H12O3. The van der Waals surface area contributed by atoms with E-state index < -0.39 is 11.7 Å². The zero-order chi connectivity index (χ0) is 11.3. The standard InChI is InChI=1S/C13H12O3/c14-11-7-3-6-10-8-4-1-2-5-9(8)12(15)13(10,11)16/h1-3,6-7,11,14,16H,4-5H2. The summed E-state index contributed by atoms with van der Waals surface area (Å²) in [6, 6.07) is 0. The topological polar surface area (TPSA) is 57.5 Å². The predicted octanol–water partition coefficient (Wildman–Crippen LogP) is 0.804. The molecule has 0 amide bonds. The van der Waals surface area contributed by atoms with Crippen LogP contribution in [0.4, 0.5) is 0 Å². The van der Waals surface area contributed by atoms with Crippen molar-refractivity contribution in [2.24, 2.45) is 0 Å². The van der Waals surface area contributed by atoms with Crippen LogP contribution < -0.4 is 0 Å². The van der Waals surface area contributed by atoms with Crippen molar-refractivity contribution in [3.8, 4) is 0 Å². The van der Waals surface area contributed by atoms with Crippen molar-refractivity contribution in [3.63, 3.8) is 0 Å². The van der Waals surface area contributed by atoms with Crippen LogP contribution in [0.3, 0.4) is 0 Å². The van der Waals surface area contributed by atoms with Gasteiger partial charge in [-0.2, -0.15) is 0 Å². The summed E-state index contributed by atoms with van der Waals surface area (Å²) in [6.45, 7) is 0. The Bertz CT molecular complexity index is 493. The monoisotopic (exact) mass is 216 g/mol. The first-order chi connectivity index (χ1) is 7.65. The molecule has 0 heterocycles. The number of hydrogen-bond donors (Lipinski definition) is 2. The fourth-order valence-corrected chi connectivity index (χ4v) is 2.65. The fraction of sp³-hybridized carbons (Fsp3) is 0.308. The van der Waals surface area contributed by atoms with Gasteiger partial charge in [0.05, 0.1) is 0 Å². The van der Waals surface area contributed by atoms with Crippen molar-refractivity contribution in [2.75, 3.05) is 0 Å². The molecule has 3 aliphatic carbocycles. The molecule has 0 spiro atoms. The molecule has 82 valence electrons. The molecule has 16 heavy (non-hydrogen) atoms. The molecule has 0 bridgehead atoms. The lowest BCUT2D eigenvalue weighted by atomic mass is 9.83. The second-order valence-corrected chi connectivity index (χ2v) is 4.34. The van der Waals surface area contributed by atoms with E-state index in [1.54, 1.807) is 12.2 Å². The van der Waals surface area contributed by atoms with Crippen molar-refractivity contribution in [1.82, 2.24) is 0 Å².